The van der Waals surface area contributed by atoms with Gasteiger partial charge in [0.05, 0.1) is 5.75 Å². The number of amides is 2. The molecule has 0 spiro atoms. The molecule has 162 valence electrons. The van der Waals surface area contributed by atoms with Gasteiger partial charge in [0.15, 0.2) is 0 Å². The van der Waals surface area contributed by atoms with Gasteiger partial charge in [-0.15, -0.1) is 6.58 Å². The quantitative estimate of drug-likeness (QED) is 0.491. The van der Waals surface area contributed by atoms with Crippen molar-refractivity contribution >= 4 is 51.5 Å². The molecule has 2 N–H and O–H groups in total. The van der Waals surface area contributed by atoms with Crippen molar-refractivity contribution in [2.24, 2.45) is 0 Å². The predicted octanol–water partition coefficient (Wildman–Crippen LogP) is 3.09. The molecule has 1 aliphatic rings. The van der Waals surface area contributed by atoms with Gasteiger partial charge in [-0.2, -0.15) is 0 Å². The lowest BCUT2D eigenvalue weighted by atomic mass is 10.2. The molecule has 31 heavy (non-hydrogen) atoms. The number of carbonyl (C=O) groups is 2. The highest BCUT2D eigenvalue weighted by atomic mass is 32.2. The summed E-state index contributed by atoms with van der Waals surface area (Å²) in [6.45, 7) is 8.26. The van der Waals surface area contributed by atoms with E-state index in [9.17, 15) is 9.59 Å². The molecular formula is C22H25N5O2S2. The molecule has 1 aliphatic heterocycles. The molecule has 1 saturated heterocycles. The molecule has 0 bridgehead atoms. The summed E-state index contributed by atoms with van der Waals surface area (Å²) in [5.41, 5.74) is 1.51. The van der Waals surface area contributed by atoms with E-state index in [1.165, 1.54) is 11.8 Å². The summed E-state index contributed by atoms with van der Waals surface area (Å²) in [5, 5.41) is 5.64. The van der Waals surface area contributed by atoms with Gasteiger partial charge in [-0.1, -0.05) is 42.2 Å². The Hall–Kier alpha value is -2.75. The second-order valence-electron chi connectivity index (χ2n) is 6.93. The van der Waals surface area contributed by atoms with E-state index in [1.54, 1.807) is 48.7 Å². The maximum atomic E-state index is 12.4. The van der Waals surface area contributed by atoms with Gasteiger partial charge >= 0.3 is 0 Å². The number of aromatic nitrogens is 1. The summed E-state index contributed by atoms with van der Waals surface area (Å²) in [6, 6.07) is 12.1. The number of pyridine rings is 1. The van der Waals surface area contributed by atoms with E-state index >= 15 is 0 Å². The lowest BCUT2D eigenvalue weighted by Crippen LogP contribution is -2.47. The molecule has 2 amide bonds. The number of benzene rings is 1. The third-order valence-electron chi connectivity index (χ3n) is 4.65. The van der Waals surface area contributed by atoms with Crippen molar-refractivity contribution in [2.45, 2.75) is 0 Å². The maximum Gasteiger partial charge on any atom is 0.274 e. The minimum absolute atomic E-state index is 0.147. The molecule has 3 rings (SSSR count). The number of hydrogen-bond acceptors (Lipinski definition) is 6. The first-order valence-electron chi connectivity index (χ1n) is 9.92. The molecular weight excluding hydrogens is 430 g/mol. The maximum absolute atomic E-state index is 12.4. The van der Waals surface area contributed by atoms with Crippen LogP contribution in [0, 0.1) is 0 Å². The number of hydrogen-bond donors (Lipinski definition) is 2. The highest BCUT2D eigenvalue weighted by Crippen LogP contribution is 2.17. The van der Waals surface area contributed by atoms with Crippen molar-refractivity contribution in [2.75, 3.05) is 49.1 Å². The van der Waals surface area contributed by atoms with Crippen LogP contribution in [0.25, 0.3) is 0 Å². The predicted molar refractivity (Wildman–Crippen MR) is 131 cm³/mol. The van der Waals surface area contributed by atoms with E-state index in [-0.39, 0.29) is 17.6 Å². The first-order valence-corrected chi connectivity index (χ1v) is 11.3. The smallest absolute Gasteiger partial charge is 0.274 e. The Labute approximate surface area is 191 Å². The minimum atomic E-state index is -0.307. The van der Waals surface area contributed by atoms with Crippen LogP contribution in [0.2, 0.25) is 0 Å². The molecule has 1 aromatic heterocycles. The Morgan fingerprint density at radius 2 is 1.84 bits per heavy atom. The molecule has 2 aromatic rings. The van der Waals surface area contributed by atoms with Gasteiger partial charge in [0, 0.05) is 50.3 Å². The van der Waals surface area contributed by atoms with Crippen LogP contribution in [0.5, 0.6) is 0 Å². The molecule has 9 heteroatoms. The highest BCUT2D eigenvalue weighted by Gasteiger charge is 2.19. The average molecular weight is 456 g/mol. The van der Waals surface area contributed by atoms with Crippen molar-refractivity contribution in [3.05, 3.63) is 67.0 Å². The first kappa shape index (κ1) is 22.9. The number of anilines is 2. The monoisotopic (exact) mass is 455 g/mol. The van der Waals surface area contributed by atoms with Crippen molar-refractivity contribution < 1.29 is 9.59 Å². The van der Waals surface area contributed by atoms with Gasteiger partial charge in [-0.25, -0.2) is 0 Å². The molecule has 0 radical (unpaired) electrons. The third kappa shape index (κ3) is 7.16. The van der Waals surface area contributed by atoms with Crippen molar-refractivity contribution in [1.82, 2.24) is 14.8 Å². The molecule has 0 unspecified atom stereocenters. The van der Waals surface area contributed by atoms with Crippen LogP contribution in [0.15, 0.2) is 61.3 Å². The number of piperazine rings is 1. The SMILES string of the molecule is C=CCN1CCN(C(=S)SCC(=O)Nc2cccc(NC(=O)c3ccccn3)c2)CC1. The zero-order valence-electron chi connectivity index (χ0n) is 17.1. The zero-order chi connectivity index (χ0) is 22.1. The van der Waals surface area contributed by atoms with Gasteiger partial charge in [0.1, 0.15) is 10.0 Å². The van der Waals surface area contributed by atoms with E-state index in [2.05, 4.69) is 32.0 Å². The molecule has 7 nitrogen and oxygen atoms in total. The van der Waals surface area contributed by atoms with Crippen LogP contribution in [0.4, 0.5) is 11.4 Å². The number of rotatable bonds is 7. The van der Waals surface area contributed by atoms with Gasteiger partial charge in [-0.05, 0) is 30.3 Å². The van der Waals surface area contributed by atoms with Gasteiger partial charge in [0.25, 0.3) is 5.91 Å². The molecule has 2 heterocycles. The second-order valence-corrected chi connectivity index (χ2v) is 8.54. The fourth-order valence-corrected chi connectivity index (χ4v) is 4.13. The fourth-order valence-electron chi connectivity index (χ4n) is 3.08. The molecule has 1 aromatic carbocycles. The van der Waals surface area contributed by atoms with Gasteiger partial charge in [-0.3, -0.25) is 19.5 Å². The zero-order valence-corrected chi connectivity index (χ0v) is 18.8. The van der Waals surface area contributed by atoms with E-state index in [4.69, 9.17) is 12.2 Å². The summed E-state index contributed by atoms with van der Waals surface area (Å²) in [6.07, 6.45) is 3.47. The molecule has 1 fully saturated rings. The molecule has 0 aliphatic carbocycles. The summed E-state index contributed by atoms with van der Waals surface area (Å²) in [4.78, 5) is 33.1. The number of nitrogens with one attached hydrogen (secondary N) is 2. The summed E-state index contributed by atoms with van der Waals surface area (Å²) < 4.78 is 0.741. The van der Waals surface area contributed by atoms with E-state index < -0.39 is 0 Å². The van der Waals surface area contributed by atoms with Crippen LogP contribution < -0.4 is 10.6 Å². The van der Waals surface area contributed by atoms with Crippen LogP contribution >= 0.6 is 24.0 Å². The summed E-state index contributed by atoms with van der Waals surface area (Å²) in [7, 11) is 0. The normalized spacial score (nSPS) is 14.0. The van der Waals surface area contributed by atoms with Crippen LogP contribution in [-0.4, -0.2) is 69.4 Å². The van der Waals surface area contributed by atoms with Crippen molar-refractivity contribution in [3.63, 3.8) is 0 Å². The van der Waals surface area contributed by atoms with E-state index in [0.29, 0.717) is 17.1 Å². The first-order chi connectivity index (χ1) is 15.0. The molecule has 0 atom stereocenters. The van der Waals surface area contributed by atoms with Gasteiger partial charge < -0.3 is 15.5 Å². The summed E-state index contributed by atoms with van der Waals surface area (Å²) in [5.74, 6) is -0.222. The number of carbonyl (C=O) groups excluding carboxylic acids is 2. The number of nitrogens with zero attached hydrogens (tertiary/aromatic N) is 3. The molecule has 0 saturated carbocycles. The Morgan fingerprint density at radius 3 is 2.52 bits per heavy atom. The fraction of sp³-hybridized carbons (Fsp3) is 0.273. The Bertz CT molecular complexity index is 931. The highest BCUT2D eigenvalue weighted by molar-refractivity contribution is 8.23. The van der Waals surface area contributed by atoms with E-state index in [1.807, 2.05) is 6.08 Å². The topological polar surface area (TPSA) is 77.6 Å². The lowest BCUT2D eigenvalue weighted by molar-refractivity contribution is -0.113. The van der Waals surface area contributed by atoms with Gasteiger partial charge in [0.2, 0.25) is 5.91 Å². The van der Waals surface area contributed by atoms with Crippen molar-refractivity contribution in [1.29, 1.82) is 0 Å². The Balaban J connectivity index is 1.45. The average Bonchev–Trinajstić information content (AvgIpc) is 2.79. The standard InChI is InChI=1S/C22H25N5O2S2/c1-2-10-26-11-13-27(14-12-26)22(30)31-16-20(28)24-17-6-5-7-18(15-17)25-21(29)19-8-3-4-9-23-19/h2-9,15H,1,10-14,16H2,(H,24,28)(H,25,29). The number of thiocarbonyl (C=S) groups is 1. The second kappa shape index (κ2) is 11.6. The van der Waals surface area contributed by atoms with E-state index in [0.717, 1.165) is 37.0 Å². The summed E-state index contributed by atoms with van der Waals surface area (Å²) >= 11 is 6.86. The van der Waals surface area contributed by atoms with Crippen LogP contribution in [0.1, 0.15) is 10.5 Å². The van der Waals surface area contributed by atoms with Crippen LogP contribution in [0.3, 0.4) is 0 Å². The largest absolute Gasteiger partial charge is 0.355 e. The number of thioether (sulfide) groups is 1. The minimum Gasteiger partial charge on any atom is -0.355 e. The Morgan fingerprint density at radius 1 is 1.10 bits per heavy atom. The lowest BCUT2D eigenvalue weighted by Gasteiger charge is -2.35. The Kier molecular flexibility index (Phi) is 8.57. The van der Waals surface area contributed by atoms with Crippen LogP contribution in [-0.2, 0) is 4.79 Å². The van der Waals surface area contributed by atoms with Crippen molar-refractivity contribution in [3.8, 4) is 0 Å². The third-order valence-corrected chi connectivity index (χ3v) is 6.17.